The summed E-state index contributed by atoms with van der Waals surface area (Å²) < 4.78 is 40.4. The van der Waals surface area contributed by atoms with Crippen molar-refractivity contribution < 1.29 is 17.6 Å². The molecule has 0 radical (unpaired) electrons. The highest BCUT2D eigenvalue weighted by molar-refractivity contribution is 7.92. The fourth-order valence-corrected chi connectivity index (χ4v) is 3.97. The smallest absolute Gasteiger partial charge is 0.261 e. The Labute approximate surface area is 152 Å². The Morgan fingerprint density at radius 3 is 2.62 bits per heavy atom. The third kappa shape index (κ3) is 4.03. The van der Waals surface area contributed by atoms with Gasteiger partial charge in [0.05, 0.1) is 4.90 Å². The third-order valence-corrected chi connectivity index (χ3v) is 5.77. The lowest BCUT2D eigenvalue weighted by atomic mass is 10.1. The van der Waals surface area contributed by atoms with Crippen LogP contribution in [0.1, 0.15) is 16.8 Å². The third-order valence-electron chi connectivity index (χ3n) is 4.39. The SMILES string of the molecule is CN(C(=O)c1cccc(S(=O)(=O)Nc2ccc(F)cc2)c1)C1CCNC1. The summed E-state index contributed by atoms with van der Waals surface area (Å²) in [5.74, 6) is -0.678. The molecule has 2 N–H and O–H groups in total. The standard InChI is InChI=1S/C18H20FN3O3S/c1-22(16-9-10-20-12-16)18(23)13-3-2-4-17(11-13)26(24,25)21-15-7-5-14(19)6-8-15/h2-8,11,16,20-21H,9-10,12H2,1H3. The summed E-state index contributed by atoms with van der Waals surface area (Å²) in [6.07, 6.45) is 0.867. The normalized spacial score (nSPS) is 17.1. The Balaban J connectivity index is 1.81. The van der Waals surface area contributed by atoms with E-state index in [-0.39, 0.29) is 22.5 Å². The first kappa shape index (κ1) is 18.3. The van der Waals surface area contributed by atoms with Gasteiger partial charge in [-0.3, -0.25) is 9.52 Å². The average Bonchev–Trinajstić information content (AvgIpc) is 3.17. The molecule has 1 atom stereocenters. The molecule has 138 valence electrons. The predicted molar refractivity (Wildman–Crippen MR) is 97.0 cm³/mol. The number of benzene rings is 2. The molecule has 1 saturated heterocycles. The zero-order valence-electron chi connectivity index (χ0n) is 14.3. The molecular weight excluding hydrogens is 357 g/mol. The maximum Gasteiger partial charge on any atom is 0.261 e. The van der Waals surface area contributed by atoms with Gasteiger partial charge < -0.3 is 10.2 Å². The first-order chi connectivity index (χ1) is 12.4. The van der Waals surface area contributed by atoms with Gasteiger partial charge in [-0.25, -0.2) is 12.8 Å². The number of carbonyl (C=O) groups excluding carboxylic acids is 1. The van der Waals surface area contributed by atoms with Crippen molar-refractivity contribution >= 4 is 21.6 Å². The minimum atomic E-state index is -3.88. The predicted octanol–water partition coefficient (Wildman–Crippen LogP) is 2.06. The van der Waals surface area contributed by atoms with Crippen molar-refractivity contribution in [1.29, 1.82) is 0 Å². The van der Waals surface area contributed by atoms with Gasteiger partial charge in [-0.05, 0) is 55.4 Å². The second kappa shape index (κ2) is 7.43. The van der Waals surface area contributed by atoms with Crippen LogP contribution in [0, 0.1) is 5.82 Å². The molecular formula is C18H20FN3O3S. The van der Waals surface area contributed by atoms with Crippen molar-refractivity contribution in [1.82, 2.24) is 10.2 Å². The topological polar surface area (TPSA) is 78.5 Å². The minimum absolute atomic E-state index is 0.0226. The maximum absolute atomic E-state index is 13.0. The van der Waals surface area contributed by atoms with E-state index >= 15 is 0 Å². The summed E-state index contributed by atoms with van der Waals surface area (Å²) >= 11 is 0. The largest absolute Gasteiger partial charge is 0.337 e. The van der Waals surface area contributed by atoms with E-state index in [0.29, 0.717) is 5.56 Å². The van der Waals surface area contributed by atoms with Crippen LogP contribution in [0.5, 0.6) is 0 Å². The molecule has 1 unspecified atom stereocenters. The summed E-state index contributed by atoms with van der Waals surface area (Å²) in [4.78, 5) is 14.3. The Hall–Kier alpha value is -2.45. The van der Waals surface area contributed by atoms with Crippen molar-refractivity contribution in [2.75, 3.05) is 24.9 Å². The van der Waals surface area contributed by atoms with Gasteiger partial charge in [-0.15, -0.1) is 0 Å². The first-order valence-corrected chi connectivity index (χ1v) is 9.71. The van der Waals surface area contributed by atoms with E-state index in [9.17, 15) is 17.6 Å². The lowest BCUT2D eigenvalue weighted by Crippen LogP contribution is -2.38. The van der Waals surface area contributed by atoms with Gasteiger partial charge in [-0.1, -0.05) is 6.07 Å². The van der Waals surface area contributed by atoms with Crippen LogP contribution in [0.15, 0.2) is 53.4 Å². The molecule has 0 spiro atoms. The van der Waals surface area contributed by atoms with Crippen LogP contribution < -0.4 is 10.0 Å². The van der Waals surface area contributed by atoms with Crippen LogP contribution in [0.3, 0.4) is 0 Å². The summed E-state index contributed by atoms with van der Waals surface area (Å²) in [5.41, 5.74) is 0.554. The van der Waals surface area contributed by atoms with E-state index in [4.69, 9.17) is 0 Å². The second-order valence-corrected chi connectivity index (χ2v) is 7.89. The molecule has 1 heterocycles. The highest BCUT2D eigenvalue weighted by Gasteiger charge is 2.25. The quantitative estimate of drug-likeness (QED) is 0.836. The van der Waals surface area contributed by atoms with E-state index in [1.807, 2.05) is 0 Å². The molecule has 1 amide bonds. The number of hydrogen-bond donors (Lipinski definition) is 2. The fraction of sp³-hybridized carbons (Fsp3) is 0.278. The molecule has 0 bridgehead atoms. The number of likely N-dealkylation sites (N-methyl/N-ethyl adjacent to an activating group) is 1. The number of hydrogen-bond acceptors (Lipinski definition) is 4. The lowest BCUT2D eigenvalue weighted by Gasteiger charge is -2.24. The van der Waals surface area contributed by atoms with Gasteiger partial charge in [0.2, 0.25) is 0 Å². The molecule has 3 rings (SSSR count). The van der Waals surface area contributed by atoms with E-state index in [1.54, 1.807) is 18.0 Å². The van der Waals surface area contributed by atoms with E-state index < -0.39 is 15.8 Å². The number of carbonyl (C=O) groups is 1. The van der Waals surface area contributed by atoms with E-state index in [1.165, 1.54) is 42.5 Å². The monoisotopic (exact) mass is 377 g/mol. The zero-order valence-corrected chi connectivity index (χ0v) is 15.1. The number of nitrogens with zero attached hydrogens (tertiary/aromatic N) is 1. The van der Waals surface area contributed by atoms with Crippen LogP contribution in [-0.4, -0.2) is 45.4 Å². The van der Waals surface area contributed by atoms with Crippen molar-refractivity contribution in [2.45, 2.75) is 17.4 Å². The number of halogens is 1. The molecule has 1 fully saturated rings. The van der Waals surface area contributed by atoms with Gasteiger partial charge in [0.25, 0.3) is 15.9 Å². The molecule has 6 nitrogen and oxygen atoms in total. The Morgan fingerprint density at radius 1 is 1.23 bits per heavy atom. The van der Waals surface area contributed by atoms with Crippen LogP contribution in [0.4, 0.5) is 10.1 Å². The summed E-state index contributed by atoms with van der Waals surface area (Å²) in [7, 11) is -2.16. The van der Waals surface area contributed by atoms with E-state index in [2.05, 4.69) is 10.0 Å². The van der Waals surface area contributed by atoms with Crippen molar-refractivity contribution in [3.63, 3.8) is 0 Å². The van der Waals surface area contributed by atoms with Gasteiger partial charge in [-0.2, -0.15) is 0 Å². The Kier molecular flexibility index (Phi) is 5.24. The molecule has 0 saturated carbocycles. The molecule has 8 heteroatoms. The Morgan fingerprint density at radius 2 is 1.96 bits per heavy atom. The number of sulfonamides is 1. The summed E-state index contributed by atoms with van der Waals surface area (Å²) in [6.45, 7) is 1.59. The molecule has 1 aliphatic rings. The molecule has 1 aliphatic heterocycles. The first-order valence-electron chi connectivity index (χ1n) is 8.23. The van der Waals surface area contributed by atoms with Crippen LogP contribution in [0.2, 0.25) is 0 Å². The molecule has 0 aromatic heterocycles. The Bertz CT molecular complexity index is 894. The zero-order chi connectivity index (χ0) is 18.7. The number of rotatable bonds is 5. The average molecular weight is 377 g/mol. The number of nitrogens with one attached hydrogen (secondary N) is 2. The highest BCUT2D eigenvalue weighted by Crippen LogP contribution is 2.19. The van der Waals surface area contributed by atoms with Crippen molar-refractivity contribution in [3.05, 3.63) is 59.9 Å². The molecule has 2 aromatic carbocycles. The van der Waals surface area contributed by atoms with Crippen molar-refractivity contribution in [3.8, 4) is 0 Å². The van der Waals surface area contributed by atoms with E-state index in [0.717, 1.165) is 19.5 Å². The van der Waals surface area contributed by atoms with Gasteiger partial charge in [0, 0.05) is 30.9 Å². The van der Waals surface area contributed by atoms with Crippen LogP contribution in [-0.2, 0) is 10.0 Å². The van der Waals surface area contributed by atoms with Gasteiger partial charge in [0.1, 0.15) is 5.82 Å². The maximum atomic E-state index is 13.0. The fourth-order valence-electron chi connectivity index (χ4n) is 2.87. The summed E-state index contributed by atoms with van der Waals surface area (Å²) in [5, 5.41) is 3.20. The number of anilines is 1. The van der Waals surface area contributed by atoms with Crippen molar-refractivity contribution in [2.24, 2.45) is 0 Å². The van der Waals surface area contributed by atoms with Gasteiger partial charge >= 0.3 is 0 Å². The second-order valence-electron chi connectivity index (χ2n) is 6.20. The molecule has 2 aromatic rings. The van der Waals surface area contributed by atoms with Crippen LogP contribution >= 0.6 is 0 Å². The summed E-state index contributed by atoms with van der Waals surface area (Å²) in [6, 6.07) is 11.0. The highest BCUT2D eigenvalue weighted by atomic mass is 32.2. The van der Waals surface area contributed by atoms with Crippen LogP contribution in [0.25, 0.3) is 0 Å². The van der Waals surface area contributed by atoms with Gasteiger partial charge in [0.15, 0.2) is 0 Å². The number of amides is 1. The molecule has 26 heavy (non-hydrogen) atoms. The minimum Gasteiger partial charge on any atom is -0.337 e. The lowest BCUT2D eigenvalue weighted by molar-refractivity contribution is 0.0743. The molecule has 0 aliphatic carbocycles.